The van der Waals surface area contributed by atoms with Crippen molar-refractivity contribution in [3.63, 3.8) is 0 Å². The standard InChI is InChI=1S/C26H23ClFN5O2/c1-2-24(34)31-22-4-3-5-23(22)33-26-29-13-15-10-14(6-9-21(15)32-26)17-11-18(20(28)12-19(17)27)25(35)30-16-7-8-16/h1,6,9-13,16,22-23H,3-5,7-8H2,(H,30,35)(H,31,34)(H,29,32,33)/t22-,23+/m0/s1. The Balaban J connectivity index is 1.38. The molecule has 2 aliphatic carbocycles. The monoisotopic (exact) mass is 491 g/mol. The summed E-state index contributed by atoms with van der Waals surface area (Å²) in [6.45, 7) is 0. The first-order valence-electron chi connectivity index (χ1n) is 11.5. The van der Waals surface area contributed by atoms with Crippen LogP contribution in [0.25, 0.3) is 22.0 Å². The molecule has 2 amide bonds. The van der Waals surface area contributed by atoms with Gasteiger partial charge in [0.15, 0.2) is 0 Å². The molecule has 0 spiro atoms. The maximum Gasteiger partial charge on any atom is 0.295 e. The van der Waals surface area contributed by atoms with E-state index in [0.29, 0.717) is 17.0 Å². The normalized spacial score (nSPS) is 19.2. The zero-order valence-corrected chi connectivity index (χ0v) is 19.5. The number of nitrogens with zero attached hydrogens (tertiary/aromatic N) is 2. The molecule has 2 atom stereocenters. The smallest absolute Gasteiger partial charge is 0.295 e. The highest BCUT2D eigenvalue weighted by Crippen LogP contribution is 2.33. The third kappa shape index (κ3) is 5.05. The molecule has 0 radical (unpaired) electrons. The lowest BCUT2D eigenvalue weighted by molar-refractivity contribution is -0.116. The quantitative estimate of drug-likeness (QED) is 0.452. The fourth-order valence-corrected chi connectivity index (χ4v) is 4.65. The van der Waals surface area contributed by atoms with Crippen LogP contribution in [0.1, 0.15) is 42.5 Å². The average Bonchev–Trinajstić information content (AvgIpc) is 3.56. The van der Waals surface area contributed by atoms with E-state index in [2.05, 4.69) is 31.8 Å². The number of nitrogens with one attached hydrogen (secondary N) is 3. The van der Waals surface area contributed by atoms with Gasteiger partial charge in [0, 0.05) is 35.3 Å². The molecule has 0 bridgehead atoms. The molecule has 0 aliphatic heterocycles. The number of benzene rings is 2. The molecule has 1 heterocycles. The van der Waals surface area contributed by atoms with Gasteiger partial charge in [-0.1, -0.05) is 17.7 Å². The van der Waals surface area contributed by atoms with Crippen LogP contribution in [0.2, 0.25) is 5.02 Å². The van der Waals surface area contributed by atoms with Crippen LogP contribution in [0.3, 0.4) is 0 Å². The summed E-state index contributed by atoms with van der Waals surface area (Å²) in [5, 5.41) is 9.93. The van der Waals surface area contributed by atoms with Gasteiger partial charge in [-0.25, -0.2) is 14.4 Å². The second-order valence-electron chi connectivity index (χ2n) is 8.93. The van der Waals surface area contributed by atoms with Crippen molar-refractivity contribution in [2.75, 3.05) is 5.32 Å². The van der Waals surface area contributed by atoms with Crippen molar-refractivity contribution in [2.45, 2.75) is 50.2 Å². The maximum absolute atomic E-state index is 14.4. The summed E-state index contributed by atoms with van der Waals surface area (Å²) in [7, 11) is 0. The van der Waals surface area contributed by atoms with Gasteiger partial charge in [-0.15, -0.1) is 6.42 Å². The summed E-state index contributed by atoms with van der Waals surface area (Å²) >= 11 is 6.34. The molecule has 3 N–H and O–H groups in total. The second kappa shape index (κ2) is 9.51. The Bertz CT molecular complexity index is 1370. The lowest BCUT2D eigenvalue weighted by Crippen LogP contribution is -2.43. The Morgan fingerprint density at radius 1 is 1.09 bits per heavy atom. The van der Waals surface area contributed by atoms with Crippen molar-refractivity contribution >= 4 is 40.3 Å². The minimum atomic E-state index is -0.652. The summed E-state index contributed by atoms with van der Waals surface area (Å²) in [6.07, 6.45) is 11.4. The third-order valence-electron chi connectivity index (χ3n) is 6.38. The van der Waals surface area contributed by atoms with Gasteiger partial charge >= 0.3 is 0 Å². The van der Waals surface area contributed by atoms with Gasteiger partial charge in [0.2, 0.25) is 5.95 Å². The molecule has 1 aromatic heterocycles. The van der Waals surface area contributed by atoms with E-state index < -0.39 is 17.6 Å². The van der Waals surface area contributed by atoms with E-state index in [1.165, 1.54) is 12.1 Å². The molecule has 35 heavy (non-hydrogen) atoms. The maximum atomic E-state index is 14.4. The molecule has 2 aromatic carbocycles. The lowest BCUT2D eigenvalue weighted by atomic mass is 10.0. The van der Waals surface area contributed by atoms with Crippen molar-refractivity contribution in [1.29, 1.82) is 0 Å². The topological polar surface area (TPSA) is 96.0 Å². The van der Waals surface area contributed by atoms with E-state index in [0.717, 1.165) is 43.1 Å². The number of hydrogen-bond acceptors (Lipinski definition) is 5. The number of carbonyl (C=O) groups excluding carboxylic acids is 2. The van der Waals surface area contributed by atoms with Crippen molar-refractivity contribution in [2.24, 2.45) is 0 Å². The van der Waals surface area contributed by atoms with Crippen molar-refractivity contribution < 1.29 is 14.0 Å². The van der Waals surface area contributed by atoms with Crippen LogP contribution in [-0.2, 0) is 4.79 Å². The van der Waals surface area contributed by atoms with Crippen LogP contribution < -0.4 is 16.0 Å². The highest BCUT2D eigenvalue weighted by molar-refractivity contribution is 6.33. The highest BCUT2D eigenvalue weighted by atomic mass is 35.5. The molecule has 0 unspecified atom stereocenters. The minimum absolute atomic E-state index is 0.0118. The van der Waals surface area contributed by atoms with Crippen LogP contribution in [0.5, 0.6) is 0 Å². The predicted octanol–water partition coefficient (Wildman–Crippen LogP) is 4.06. The molecular formula is C26H23ClFN5O2. The van der Waals surface area contributed by atoms with Crippen LogP contribution >= 0.6 is 11.6 Å². The first-order chi connectivity index (χ1) is 16.9. The minimum Gasteiger partial charge on any atom is -0.349 e. The van der Waals surface area contributed by atoms with Crippen LogP contribution in [0.15, 0.2) is 36.5 Å². The van der Waals surface area contributed by atoms with Gasteiger partial charge in [0.25, 0.3) is 11.8 Å². The van der Waals surface area contributed by atoms with Gasteiger partial charge in [0.05, 0.1) is 16.1 Å². The number of amides is 2. The summed E-state index contributed by atoms with van der Waals surface area (Å²) in [5.41, 5.74) is 1.95. The van der Waals surface area contributed by atoms with Crippen molar-refractivity contribution in [1.82, 2.24) is 20.6 Å². The van der Waals surface area contributed by atoms with Crippen LogP contribution in [-0.4, -0.2) is 39.9 Å². The third-order valence-corrected chi connectivity index (χ3v) is 6.70. The summed E-state index contributed by atoms with van der Waals surface area (Å²) in [6, 6.07) is 8.19. The largest absolute Gasteiger partial charge is 0.349 e. The number of halogens is 2. The molecular weight excluding hydrogens is 469 g/mol. The van der Waals surface area contributed by atoms with Gasteiger partial charge in [-0.3, -0.25) is 9.59 Å². The molecule has 2 fully saturated rings. The highest BCUT2D eigenvalue weighted by Gasteiger charge is 2.29. The number of aromatic nitrogens is 2. The summed E-state index contributed by atoms with van der Waals surface area (Å²) in [4.78, 5) is 33.1. The lowest BCUT2D eigenvalue weighted by Gasteiger charge is -2.21. The fraction of sp³-hybridized carbons (Fsp3) is 0.308. The molecule has 0 saturated heterocycles. The Morgan fingerprint density at radius 2 is 1.89 bits per heavy atom. The number of rotatable bonds is 6. The van der Waals surface area contributed by atoms with Crippen molar-refractivity contribution in [3.8, 4) is 23.5 Å². The Morgan fingerprint density at radius 3 is 2.66 bits per heavy atom. The summed E-state index contributed by atoms with van der Waals surface area (Å²) < 4.78 is 14.4. The number of anilines is 1. The fourth-order valence-electron chi connectivity index (χ4n) is 4.39. The Hall–Kier alpha value is -3.70. The van der Waals surface area contributed by atoms with E-state index in [9.17, 15) is 14.0 Å². The summed E-state index contributed by atoms with van der Waals surface area (Å²) in [5.74, 6) is 1.02. The predicted molar refractivity (Wildman–Crippen MR) is 132 cm³/mol. The van der Waals surface area contributed by atoms with Crippen molar-refractivity contribution in [3.05, 3.63) is 52.9 Å². The Kier molecular flexibility index (Phi) is 6.27. The number of hydrogen-bond donors (Lipinski definition) is 3. The number of terminal acetylenes is 1. The van der Waals surface area contributed by atoms with E-state index in [1.54, 1.807) is 6.20 Å². The van der Waals surface area contributed by atoms with Gasteiger partial charge in [-0.2, -0.15) is 0 Å². The van der Waals surface area contributed by atoms with Crippen LogP contribution in [0.4, 0.5) is 10.3 Å². The van der Waals surface area contributed by atoms with E-state index in [1.807, 2.05) is 18.2 Å². The van der Waals surface area contributed by atoms with Gasteiger partial charge < -0.3 is 16.0 Å². The molecule has 3 aromatic rings. The number of carbonyl (C=O) groups is 2. The molecule has 7 nitrogen and oxygen atoms in total. The zero-order chi connectivity index (χ0) is 24.5. The first kappa shape index (κ1) is 23.1. The molecule has 178 valence electrons. The molecule has 2 aliphatic rings. The average molecular weight is 492 g/mol. The van der Waals surface area contributed by atoms with Gasteiger partial charge in [-0.05, 0) is 67.9 Å². The molecule has 2 saturated carbocycles. The molecule has 9 heteroatoms. The zero-order valence-electron chi connectivity index (χ0n) is 18.8. The van der Waals surface area contributed by atoms with Crippen LogP contribution in [0, 0.1) is 18.2 Å². The van der Waals surface area contributed by atoms with E-state index >= 15 is 0 Å². The SMILES string of the molecule is C#CC(=O)N[C@H]1CCC[C@H]1Nc1ncc2cc(-c3cc(C(=O)NC4CC4)c(F)cc3Cl)ccc2n1. The Labute approximate surface area is 206 Å². The first-order valence-corrected chi connectivity index (χ1v) is 11.9. The number of fused-ring (bicyclic) bond motifs is 1. The van der Waals surface area contributed by atoms with Gasteiger partial charge in [0.1, 0.15) is 5.82 Å². The second-order valence-corrected chi connectivity index (χ2v) is 9.34. The molecule has 5 rings (SSSR count). The van der Waals surface area contributed by atoms with E-state index in [-0.39, 0.29) is 28.7 Å². The van der Waals surface area contributed by atoms with E-state index in [4.69, 9.17) is 18.0 Å².